The Morgan fingerprint density at radius 1 is 1.22 bits per heavy atom. The number of aromatic nitrogens is 2. The molecule has 27 heavy (non-hydrogen) atoms. The minimum Gasteiger partial charge on any atom is -0.363 e. The molecule has 8 heteroatoms. The van der Waals surface area contributed by atoms with Crippen LogP contribution in [0.25, 0.3) is 11.3 Å². The number of nitrogens with two attached hydrogens (primary N) is 1. The molecule has 7 nitrogen and oxygen atoms in total. The number of Topliss-reactive ketones (excluding diaryl/α,β-unsaturated/α-hetero) is 1. The lowest BCUT2D eigenvalue weighted by atomic mass is 10.0. The van der Waals surface area contributed by atoms with Gasteiger partial charge in [-0.1, -0.05) is 30.3 Å². The molecule has 3 aromatic rings. The fourth-order valence-electron chi connectivity index (χ4n) is 2.81. The van der Waals surface area contributed by atoms with Crippen LogP contribution in [-0.2, 0) is 23.1 Å². The van der Waals surface area contributed by atoms with Crippen molar-refractivity contribution in [2.24, 2.45) is 12.8 Å². The van der Waals surface area contributed by atoms with Crippen LogP contribution in [0.1, 0.15) is 15.9 Å². The van der Waals surface area contributed by atoms with E-state index in [0.29, 0.717) is 11.3 Å². The van der Waals surface area contributed by atoms with Crippen LogP contribution in [-0.4, -0.2) is 33.4 Å². The van der Waals surface area contributed by atoms with Crippen LogP contribution >= 0.6 is 11.3 Å². The van der Waals surface area contributed by atoms with Crippen molar-refractivity contribution in [2.75, 3.05) is 0 Å². The molecule has 0 spiro atoms. The number of rotatable bonds is 7. The van der Waals surface area contributed by atoms with Gasteiger partial charge in [0.2, 0.25) is 5.78 Å². The fraction of sp³-hybridized carbons (Fsp3) is 0.158. The number of carbonyl (C=O) groups excluding carboxylic acids is 3. The number of benzene rings is 1. The highest BCUT2D eigenvalue weighted by molar-refractivity contribution is 7.08. The third kappa shape index (κ3) is 4.12. The van der Waals surface area contributed by atoms with Gasteiger partial charge in [0.05, 0.1) is 17.5 Å². The molecular formula is C19H18N4O3S. The Kier molecular flexibility index (Phi) is 5.46. The molecule has 138 valence electrons. The zero-order valence-corrected chi connectivity index (χ0v) is 15.4. The molecule has 0 aliphatic rings. The number of nitrogens with one attached hydrogen (secondary N) is 1. The van der Waals surface area contributed by atoms with Crippen molar-refractivity contribution in [3.05, 3.63) is 64.5 Å². The molecule has 1 atom stereocenters. The minimum absolute atomic E-state index is 0.169. The van der Waals surface area contributed by atoms with E-state index in [-0.39, 0.29) is 6.42 Å². The molecule has 0 bridgehead atoms. The molecule has 0 aliphatic heterocycles. The number of ketones is 1. The average molecular weight is 382 g/mol. The van der Waals surface area contributed by atoms with Gasteiger partial charge < -0.3 is 11.1 Å². The lowest BCUT2D eigenvalue weighted by Gasteiger charge is -2.16. The second-order valence-electron chi connectivity index (χ2n) is 5.99. The van der Waals surface area contributed by atoms with Crippen molar-refractivity contribution in [3.8, 4) is 11.3 Å². The van der Waals surface area contributed by atoms with Crippen LogP contribution in [0, 0.1) is 0 Å². The van der Waals surface area contributed by atoms with Crippen LogP contribution in [0.2, 0.25) is 0 Å². The Morgan fingerprint density at radius 3 is 2.59 bits per heavy atom. The Morgan fingerprint density at radius 2 is 1.96 bits per heavy atom. The van der Waals surface area contributed by atoms with Crippen molar-refractivity contribution in [1.82, 2.24) is 15.1 Å². The first-order chi connectivity index (χ1) is 13.0. The SMILES string of the molecule is Cn1ncc(C(=O)NC(Cc2ccccc2)C(=O)C(N)=O)c1-c1ccsc1. The molecule has 1 aromatic carbocycles. The third-order valence-corrected chi connectivity index (χ3v) is 4.81. The lowest BCUT2D eigenvalue weighted by molar-refractivity contribution is -0.137. The highest BCUT2D eigenvalue weighted by Gasteiger charge is 2.27. The van der Waals surface area contributed by atoms with E-state index in [1.54, 1.807) is 11.7 Å². The molecule has 1 unspecified atom stereocenters. The molecule has 0 saturated heterocycles. The van der Waals surface area contributed by atoms with Crippen molar-refractivity contribution in [3.63, 3.8) is 0 Å². The first kappa shape index (κ1) is 18.5. The van der Waals surface area contributed by atoms with Crippen LogP contribution in [0.3, 0.4) is 0 Å². The Bertz CT molecular complexity index is 964. The van der Waals surface area contributed by atoms with E-state index >= 15 is 0 Å². The summed E-state index contributed by atoms with van der Waals surface area (Å²) >= 11 is 1.50. The molecule has 0 radical (unpaired) electrons. The molecule has 0 aliphatic carbocycles. The van der Waals surface area contributed by atoms with Gasteiger partial charge in [-0.2, -0.15) is 16.4 Å². The van der Waals surface area contributed by atoms with Gasteiger partial charge in [0.15, 0.2) is 0 Å². The van der Waals surface area contributed by atoms with Gasteiger partial charge in [-0.15, -0.1) is 0 Å². The number of amides is 2. The monoisotopic (exact) mass is 382 g/mol. The summed E-state index contributed by atoms with van der Waals surface area (Å²) in [5.41, 5.74) is 7.78. The largest absolute Gasteiger partial charge is 0.363 e. The molecule has 2 aromatic heterocycles. The lowest BCUT2D eigenvalue weighted by Crippen LogP contribution is -2.47. The highest BCUT2D eigenvalue weighted by Crippen LogP contribution is 2.25. The van der Waals surface area contributed by atoms with Crippen LogP contribution in [0.4, 0.5) is 0 Å². The molecule has 3 rings (SSSR count). The highest BCUT2D eigenvalue weighted by atomic mass is 32.1. The number of nitrogens with zero attached hydrogens (tertiary/aromatic N) is 2. The summed E-state index contributed by atoms with van der Waals surface area (Å²) in [6.07, 6.45) is 1.61. The molecule has 0 saturated carbocycles. The number of aryl methyl sites for hydroxylation is 1. The van der Waals surface area contributed by atoms with Crippen molar-refractivity contribution in [1.29, 1.82) is 0 Å². The first-order valence-corrected chi connectivity index (χ1v) is 9.14. The topological polar surface area (TPSA) is 107 Å². The zero-order chi connectivity index (χ0) is 19.4. The Hall–Kier alpha value is -3.26. The zero-order valence-electron chi connectivity index (χ0n) is 14.6. The van der Waals surface area contributed by atoms with Crippen LogP contribution in [0.15, 0.2) is 53.4 Å². The van der Waals surface area contributed by atoms with Gasteiger partial charge >= 0.3 is 0 Å². The Balaban J connectivity index is 1.87. The number of carbonyl (C=O) groups is 3. The smallest absolute Gasteiger partial charge is 0.287 e. The number of primary amides is 1. The van der Waals surface area contributed by atoms with Crippen molar-refractivity contribution < 1.29 is 14.4 Å². The van der Waals surface area contributed by atoms with Gasteiger partial charge in [0.25, 0.3) is 11.8 Å². The van der Waals surface area contributed by atoms with Gasteiger partial charge in [0.1, 0.15) is 6.04 Å². The van der Waals surface area contributed by atoms with Crippen LogP contribution < -0.4 is 11.1 Å². The van der Waals surface area contributed by atoms with Crippen molar-refractivity contribution in [2.45, 2.75) is 12.5 Å². The van der Waals surface area contributed by atoms with E-state index in [1.807, 2.05) is 47.2 Å². The van der Waals surface area contributed by atoms with E-state index in [1.165, 1.54) is 17.5 Å². The quantitative estimate of drug-likeness (QED) is 0.605. The molecular weight excluding hydrogens is 364 g/mol. The third-order valence-electron chi connectivity index (χ3n) is 4.13. The maximum absolute atomic E-state index is 12.8. The summed E-state index contributed by atoms with van der Waals surface area (Å²) in [4.78, 5) is 36.5. The van der Waals surface area contributed by atoms with E-state index in [2.05, 4.69) is 10.4 Å². The number of thiophene rings is 1. The van der Waals surface area contributed by atoms with Gasteiger partial charge in [-0.3, -0.25) is 19.1 Å². The summed E-state index contributed by atoms with van der Waals surface area (Å²) in [5, 5.41) is 10.6. The minimum atomic E-state index is -1.08. The summed E-state index contributed by atoms with van der Waals surface area (Å²) in [5.74, 6) is -2.41. The van der Waals surface area contributed by atoms with Gasteiger partial charge in [-0.05, 0) is 17.0 Å². The van der Waals surface area contributed by atoms with E-state index in [0.717, 1.165) is 11.1 Å². The van der Waals surface area contributed by atoms with E-state index < -0.39 is 23.6 Å². The van der Waals surface area contributed by atoms with E-state index in [9.17, 15) is 14.4 Å². The summed E-state index contributed by atoms with van der Waals surface area (Å²) in [6, 6.07) is 9.94. The molecule has 3 N–H and O–H groups in total. The maximum atomic E-state index is 12.8. The summed E-state index contributed by atoms with van der Waals surface area (Å²) in [7, 11) is 1.74. The second kappa shape index (κ2) is 7.96. The van der Waals surface area contributed by atoms with Gasteiger partial charge in [0, 0.05) is 24.4 Å². The van der Waals surface area contributed by atoms with Crippen molar-refractivity contribution >= 4 is 28.9 Å². The summed E-state index contributed by atoms with van der Waals surface area (Å²) < 4.78 is 1.60. The molecule has 0 fully saturated rings. The van der Waals surface area contributed by atoms with Crippen LogP contribution in [0.5, 0.6) is 0 Å². The van der Waals surface area contributed by atoms with E-state index in [4.69, 9.17) is 5.73 Å². The first-order valence-electron chi connectivity index (χ1n) is 8.20. The fourth-order valence-corrected chi connectivity index (χ4v) is 3.45. The molecule has 2 amide bonds. The standard InChI is InChI=1S/C19H18N4O3S/c1-23-16(13-7-8-27-11-13)14(10-21-23)19(26)22-15(17(24)18(20)25)9-12-5-3-2-4-6-12/h2-8,10-11,15H,9H2,1H3,(H2,20,25)(H,22,26). The number of hydrogen-bond donors (Lipinski definition) is 2. The van der Waals surface area contributed by atoms with Gasteiger partial charge in [-0.25, -0.2) is 0 Å². The predicted molar refractivity (Wildman–Crippen MR) is 102 cm³/mol. The average Bonchev–Trinajstić information content (AvgIpc) is 3.30. The molecule has 2 heterocycles. The summed E-state index contributed by atoms with van der Waals surface area (Å²) in [6.45, 7) is 0. The maximum Gasteiger partial charge on any atom is 0.287 e. The normalized spacial score (nSPS) is 11.7. The Labute approximate surface area is 159 Å². The second-order valence-corrected chi connectivity index (χ2v) is 6.77. The predicted octanol–water partition coefficient (Wildman–Crippen LogP) is 1.54. The number of hydrogen-bond acceptors (Lipinski definition) is 5.